The van der Waals surface area contributed by atoms with E-state index in [4.69, 9.17) is 0 Å². The first kappa shape index (κ1) is 12.7. The van der Waals surface area contributed by atoms with E-state index in [1.165, 1.54) is 35.6 Å². The lowest BCUT2D eigenvalue weighted by Crippen LogP contribution is -2.28. The highest BCUT2D eigenvalue weighted by molar-refractivity contribution is 5.86. The molecular weight excluding hydrogens is 230 g/mol. The average molecular weight is 253 g/mol. The first-order chi connectivity index (χ1) is 9.23. The van der Waals surface area contributed by atoms with Gasteiger partial charge in [-0.05, 0) is 47.6 Å². The summed E-state index contributed by atoms with van der Waals surface area (Å²) in [7, 11) is 0. The molecule has 2 atom stereocenters. The standard InChI is InChI=1S/C18H23N/c1-3-19-15-11-12-18(2,13-15)17-10-6-8-14-7-4-5-9-16(14)17/h4-10,15,19H,3,11-13H2,1-2H3. The minimum atomic E-state index is 0.327. The van der Waals surface area contributed by atoms with Crippen LogP contribution in [0.4, 0.5) is 0 Å². The monoisotopic (exact) mass is 253 g/mol. The lowest BCUT2D eigenvalue weighted by atomic mass is 9.78. The average Bonchev–Trinajstić information content (AvgIpc) is 2.81. The summed E-state index contributed by atoms with van der Waals surface area (Å²) in [4.78, 5) is 0. The van der Waals surface area contributed by atoms with E-state index in [0.29, 0.717) is 11.5 Å². The molecule has 0 amide bonds. The van der Waals surface area contributed by atoms with Gasteiger partial charge in [-0.15, -0.1) is 0 Å². The molecule has 1 aliphatic rings. The van der Waals surface area contributed by atoms with Crippen LogP contribution < -0.4 is 5.32 Å². The summed E-state index contributed by atoms with van der Waals surface area (Å²) >= 11 is 0. The van der Waals surface area contributed by atoms with Crippen LogP contribution in [-0.2, 0) is 5.41 Å². The van der Waals surface area contributed by atoms with Gasteiger partial charge in [-0.25, -0.2) is 0 Å². The third kappa shape index (κ3) is 2.28. The molecule has 0 spiro atoms. The van der Waals surface area contributed by atoms with Crippen molar-refractivity contribution in [3.63, 3.8) is 0 Å². The fourth-order valence-electron chi connectivity index (χ4n) is 3.70. The maximum Gasteiger partial charge on any atom is 0.00756 e. The predicted molar refractivity (Wildman–Crippen MR) is 82.6 cm³/mol. The van der Waals surface area contributed by atoms with Crippen molar-refractivity contribution in [3.05, 3.63) is 48.0 Å². The topological polar surface area (TPSA) is 12.0 Å². The second kappa shape index (κ2) is 4.97. The zero-order valence-corrected chi connectivity index (χ0v) is 11.9. The van der Waals surface area contributed by atoms with E-state index < -0.39 is 0 Å². The van der Waals surface area contributed by atoms with Gasteiger partial charge < -0.3 is 5.32 Å². The molecule has 1 N–H and O–H groups in total. The van der Waals surface area contributed by atoms with Crippen molar-refractivity contribution in [1.29, 1.82) is 0 Å². The maximum atomic E-state index is 3.62. The summed E-state index contributed by atoms with van der Waals surface area (Å²) in [5.41, 5.74) is 1.86. The second-order valence-electron chi connectivity index (χ2n) is 6.08. The largest absolute Gasteiger partial charge is 0.314 e. The van der Waals surface area contributed by atoms with Crippen LogP contribution in [0.1, 0.15) is 38.7 Å². The number of fused-ring (bicyclic) bond motifs is 1. The van der Waals surface area contributed by atoms with Crippen LogP contribution in [-0.4, -0.2) is 12.6 Å². The summed E-state index contributed by atoms with van der Waals surface area (Å²) in [6, 6.07) is 16.2. The van der Waals surface area contributed by atoms with E-state index in [2.05, 4.69) is 61.6 Å². The van der Waals surface area contributed by atoms with E-state index in [9.17, 15) is 0 Å². The molecule has 1 heteroatoms. The third-order valence-corrected chi connectivity index (χ3v) is 4.67. The van der Waals surface area contributed by atoms with Crippen LogP contribution in [0.3, 0.4) is 0 Å². The molecule has 3 rings (SSSR count). The molecule has 0 aromatic heterocycles. The van der Waals surface area contributed by atoms with Gasteiger partial charge in [0.2, 0.25) is 0 Å². The Morgan fingerprint density at radius 2 is 1.95 bits per heavy atom. The van der Waals surface area contributed by atoms with Crippen molar-refractivity contribution in [2.24, 2.45) is 0 Å². The van der Waals surface area contributed by atoms with Crippen LogP contribution in [0.15, 0.2) is 42.5 Å². The van der Waals surface area contributed by atoms with Gasteiger partial charge in [-0.2, -0.15) is 0 Å². The van der Waals surface area contributed by atoms with Crippen molar-refractivity contribution in [2.75, 3.05) is 6.54 Å². The number of benzene rings is 2. The highest BCUT2D eigenvalue weighted by Crippen LogP contribution is 2.43. The SMILES string of the molecule is CCNC1CCC(C)(c2cccc3ccccc23)C1. The molecule has 2 aromatic rings. The summed E-state index contributed by atoms with van der Waals surface area (Å²) in [6.07, 6.45) is 3.85. The summed E-state index contributed by atoms with van der Waals surface area (Å²) in [5, 5.41) is 6.42. The predicted octanol–water partition coefficient (Wildman–Crippen LogP) is 4.26. The van der Waals surface area contributed by atoms with Gasteiger partial charge in [-0.1, -0.05) is 56.3 Å². The number of hydrogen-bond acceptors (Lipinski definition) is 1. The Hall–Kier alpha value is -1.34. The van der Waals surface area contributed by atoms with E-state index in [-0.39, 0.29) is 0 Å². The zero-order valence-electron chi connectivity index (χ0n) is 11.9. The molecule has 0 saturated heterocycles. The first-order valence-corrected chi connectivity index (χ1v) is 7.44. The third-order valence-electron chi connectivity index (χ3n) is 4.67. The van der Waals surface area contributed by atoms with Crippen LogP contribution in [0.5, 0.6) is 0 Å². The van der Waals surface area contributed by atoms with Gasteiger partial charge in [-0.3, -0.25) is 0 Å². The van der Waals surface area contributed by atoms with Gasteiger partial charge in [0.1, 0.15) is 0 Å². The normalized spacial score (nSPS) is 26.9. The Morgan fingerprint density at radius 1 is 1.16 bits per heavy atom. The van der Waals surface area contributed by atoms with Gasteiger partial charge in [0.15, 0.2) is 0 Å². The Labute approximate surface area is 116 Å². The molecule has 1 aliphatic carbocycles. The fraction of sp³-hybridized carbons (Fsp3) is 0.444. The van der Waals surface area contributed by atoms with E-state index in [1.807, 2.05) is 0 Å². The number of nitrogens with one attached hydrogen (secondary N) is 1. The van der Waals surface area contributed by atoms with Gasteiger partial charge in [0.25, 0.3) is 0 Å². The van der Waals surface area contributed by atoms with Crippen molar-refractivity contribution >= 4 is 10.8 Å². The summed E-state index contributed by atoms with van der Waals surface area (Å²) in [5.74, 6) is 0. The first-order valence-electron chi connectivity index (χ1n) is 7.44. The molecule has 19 heavy (non-hydrogen) atoms. The number of rotatable bonds is 3. The van der Waals surface area contributed by atoms with Gasteiger partial charge >= 0.3 is 0 Å². The van der Waals surface area contributed by atoms with Crippen LogP contribution in [0, 0.1) is 0 Å². The van der Waals surface area contributed by atoms with E-state index in [1.54, 1.807) is 0 Å². The molecule has 0 aliphatic heterocycles. The smallest absolute Gasteiger partial charge is 0.00756 e. The molecule has 1 saturated carbocycles. The Bertz CT molecular complexity index is 569. The molecular formula is C18H23N. The molecule has 100 valence electrons. The van der Waals surface area contributed by atoms with E-state index in [0.717, 1.165) is 6.54 Å². The van der Waals surface area contributed by atoms with Crippen LogP contribution in [0.2, 0.25) is 0 Å². The molecule has 1 nitrogen and oxygen atoms in total. The summed E-state index contributed by atoms with van der Waals surface area (Å²) in [6.45, 7) is 5.72. The zero-order chi connectivity index (χ0) is 13.3. The molecule has 0 heterocycles. The van der Waals surface area contributed by atoms with Gasteiger partial charge in [0.05, 0.1) is 0 Å². The molecule has 2 unspecified atom stereocenters. The van der Waals surface area contributed by atoms with Crippen molar-refractivity contribution in [3.8, 4) is 0 Å². The number of hydrogen-bond donors (Lipinski definition) is 1. The van der Waals surface area contributed by atoms with Crippen molar-refractivity contribution < 1.29 is 0 Å². The Kier molecular flexibility index (Phi) is 3.32. The second-order valence-corrected chi connectivity index (χ2v) is 6.08. The van der Waals surface area contributed by atoms with E-state index >= 15 is 0 Å². The molecule has 0 bridgehead atoms. The Balaban J connectivity index is 2.00. The molecule has 2 aromatic carbocycles. The van der Waals surface area contributed by atoms with Crippen LogP contribution >= 0.6 is 0 Å². The minimum absolute atomic E-state index is 0.327. The lowest BCUT2D eigenvalue weighted by Gasteiger charge is -2.27. The van der Waals surface area contributed by atoms with Crippen molar-refractivity contribution in [1.82, 2.24) is 5.32 Å². The Morgan fingerprint density at radius 3 is 2.79 bits per heavy atom. The lowest BCUT2D eigenvalue weighted by molar-refractivity contribution is 0.461. The summed E-state index contributed by atoms with van der Waals surface area (Å²) < 4.78 is 0. The maximum absolute atomic E-state index is 3.62. The van der Waals surface area contributed by atoms with Crippen molar-refractivity contribution in [2.45, 2.75) is 44.6 Å². The minimum Gasteiger partial charge on any atom is -0.314 e. The van der Waals surface area contributed by atoms with Gasteiger partial charge in [0, 0.05) is 6.04 Å². The highest BCUT2D eigenvalue weighted by atomic mass is 14.9. The van der Waals surface area contributed by atoms with Crippen LogP contribution in [0.25, 0.3) is 10.8 Å². The molecule has 1 fully saturated rings. The fourth-order valence-corrected chi connectivity index (χ4v) is 3.70. The highest BCUT2D eigenvalue weighted by Gasteiger charge is 2.36. The quantitative estimate of drug-likeness (QED) is 0.862. The molecule has 0 radical (unpaired) electrons.